The van der Waals surface area contributed by atoms with E-state index in [1.165, 1.54) is 11.3 Å². The molecule has 1 aliphatic rings. The van der Waals surface area contributed by atoms with E-state index in [2.05, 4.69) is 20.9 Å². The lowest BCUT2D eigenvalue weighted by atomic mass is 10.2. The molecule has 3 N–H and O–H groups in total. The van der Waals surface area contributed by atoms with E-state index in [1.54, 1.807) is 30.5 Å². The zero-order valence-electron chi connectivity index (χ0n) is 14.4. The van der Waals surface area contributed by atoms with Crippen molar-refractivity contribution in [1.82, 2.24) is 10.3 Å². The van der Waals surface area contributed by atoms with Gasteiger partial charge in [-0.1, -0.05) is 30.3 Å². The van der Waals surface area contributed by atoms with Crippen LogP contribution in [0.2, 0.25) is 0 Å². The summed E-state index contributed by atoms with van der Waals surface area (Å²) in [6.07, 6.45) is 3.67. The van der Waals surface area contributed by atoms with Gasteiger partial charge in [0.1, 0.15) is 9.88 Å². The highest BCUT2D eigenvalue weighted by Gasteiger charge is 2.23. The van der Waals surface area contributed by atoms with Gasteiger partial charge in [-0.2, -0.15) is 0 Å². The maximum Gasteiger partial charge on any atom is 0.319 e. The first-order valence-corrected chi connectivity index (χ1v) is 9.49. The molecule has 0 aliphatic heterocycles. The van der Waals surface area contributed by atoms with Crippen molar-refractivity contribution in [3.63, 3.8) is 0 Å². The van der Waals surface area contributed by atoms with Crippen LogP contribution in [0.15, 0.2) is 60.8 Å². The average molecular weight is 378 g/mol. The number of hydrogen-bond donors (Lipinski definition) is 3. The van der Waals surface area contributed by atoms with Crippen LogP contribution >= 0.6 is 11.3 Å². The van der Waals surface area contributed by atoms with Crippen molar-refractivity contribution in [3.05, 3.63) is 65.7 Å². The third-order valence-electron chi connectivity index (χ3n) is 4.06. The van der Waals surface area contributed by atoms with Gasteiger partial charge in [-0.05, 0) is 37.1 Å². The molecule has 0 spiro atoms. The molecule has 0 radical (unpaired) electrons. The predicted molar refractivity (Wildman–Crippen MR) is 107 cm³/mol. The van der Waals surface area contributed by atoms with Crippen LogP contribution in [-0.2, 0) is 0 Å². The standard InChI is InChI=1S/C20H18N4O2S/c25-18(17-12-21-19(27-17)13-4-2-1-3-5-13)22-14-6-8-15(9-7-14)23-20(26)24-16-10-11-16/h1-9,12,16H,10-11H2,(H,22,25)(H2,23,24,26). The Hall–Kier alpha value is -3.19. The number of urea groups is 1. The largest absolute Gasteiger partial charge is 0.335 e. The van der Waals surface area contributed by atoms with E-state index in [1.807, 2.05) is 30.3 Å². The molecule has 1 saturated carbocycles. The summed E-state index contributed by atoms with van der Waals surface area (Å²) in [5.41, 5.74) is 2.32. The van der Waals surface area contributed by atoms with Crippen molar-refractivity contribution in [3.8, 4) is 10.6 Å². The topological polar surface area (TPSA) is 83.1 Å². The number of benzene rings is 2. The molecule has 7 heteroatoms. The molecule has 0 saturated heterocycles. The number of carbonyl (C=O) groups excluding carboxylic acids is 2. The Morgan fingerprint density at radius 1 is 0.926 bits per heavy atom. The Morgan fingerprint density at radius 2 is 1.59 bits per heavy atom. The van der Waals surface area contributed by atoms with E-state index in [9.17, 15) is 9.59 Å². The van der Waals surface area contributed by atoms with Crippen LogP contribution in [-0.4, -0.2) is 23.0 Å². The van der Waals surface area contributed by atoms with E-state index in [0.29, 0.717) is 22.3 Å². The summed E-state index contributed by atoms with van der Waals surface area (Å²) in [5, 5.41) is 9.29. The molecule has 1 fully saturated rings. The number of rotatable bonds is 5. The first-order chi connectivity index (χ1) is 13.2. The number of nitrogens with one attached hydrogen (secondary N) is 3. The zero-order chi connectivity index (χ0) is 18.6. The SMILES string of the molecule is O=C(Nc1ccc(NC(=O)c2cnc(-c3ccccc3)s2)cc1)NC1CC1. The Morgan fingerprint density at radius 3 is 2.26 bits per heavy atom. The van der Waals surface area contributed by atoms with Crippen LogP contribution in [0.25, 0.3) is 10.6 Å². The molecule has 27 heavy (non-hydrogen) atoms. The van der Waals surface area contributed by atoms with Crippen molar-refractivity contribution in [2.75, 3.05) is 10.6 Å². The fraction of sp³-hybridized carbons (Fsp3) is 0.150. The average Bonchev–Trinajstić information content (AvgIpc) is 3.34. The Kier molecular flexibility index (Phi) is 4.84. The minimum Gasteiger partial charge on any atom is -0.335 e. The molecule has 6 nitrogen and oxygen atoms in total. The highest BCUT2D eigenvalue weighted by atomic mass is 32.1. The minimum atomic E-state index is -0.207. The number of nitrogens with zero attached hydrogens (tertiary/aromatic N) is 1. The van der Waals surface area contributed by atoms with Gasteiger partial charge >= 0.3 is 6.03 Å². The van der Waals surface area contributed by atoms with Crippen LogP contribution in [0.1, 0.15) is 22.5 Å². The molecular formula is C20H18N4O2S. The second-order valence-corrected chi connectivity index (χ2v) is 7.33. The van der Waals surface area contributed by atoms with E-state index in [4.69, 9.17) is 0 Å². The van der Waals surface area contributed by atoms with Crippen LogP contribution in [0.3, 0.4) is 0 Å². The Labute approximate surface area is 160 Å². The summed E-state index contributed by atoms with van der Waals surface area (Å²) in [6.45, 7) is 0. The number of aromatic nitrogens is 1. The fourth-order valence-corrected chi connectivity index (χ4v) is 3.32. The van der Waals surface area contributed by atoms with Crippen molar-refractivity contribution in [2.24, 2.45) is 0 Å². The summed E-state index contributed by atoms with van der Waals surface area (Å²) >= 11 is 1.35. The van der Waals surface area contributed by atoms with Crippen molar-refractivity contribution >= 4 is 34.6 Å². The Bertz CT molecular complexity index is 950. The van der Waals surface area contributed by atoms with Gasteiger partial charge in [0, 0.05) is 23.0 Å². The quantitative estimate of drug-likeness (QED) is 0.617. The number of anilines is 2. The first kappa shape index (κ1) is 17.2. The monoisotopic (exact) mass is 378 g/mol. The number of carbonyl (C=O) groups is 2. The molecule has 3 amide bonds. The van der Waals surface area contributed by atoms with E-state index < -0.39 is 0 Å². The first-order valence-electron chi connectivity index (χ1n) is 8.67. The molecule has 0 bridgehead atoms. The third-order valence-corrected chi connectivity index (χ3v) is 5.11. The van der Waals surface area contributed by atoms with E-state index in [-0.39, 0.29) is 11.9 Å². The molecule has 2 aromatic carbocycles. The zero-order valence-corrected chi connectivity index (χ0v) is 15.3. The van der Waals surface area contributed by atoms with Crippen LogP contribution in [0.4, 0.5) is 16.2 Å². The van der Waals surface area contributed by atoms with Gasteiger partial charge in [0.05, 0.1) is 6.20 Å². The number of thiazole rings is 1. The lowest BCUT2D eigenvalue weighted by molar-refractivity contribution is 0.103. The summed E-state index contributed by atoms with van der Waals surface area (Å²) in [6, 6.07) is 16.9. The molecular weight excluding hydrogens is 360 g/mol. The van der Waals surface area contributed by atoms with Crippen molar-refractivity contribution in [1.29, 1.82) is 0 Å². The normalized spacial score (nSPS) is 13.0. The molecule has 1 aromatic heterocycles. The van der Waals surface area contributed by atoms with Gasteiger partial charge in [-0.25, -0.2) is 9.78 Å². The summed E-state index contributed by atoms with van der Waals surface area (Å²) in [7, 11) is 0. The van der Waals surface area contributed by atoms with Gasteiger partial charge in [0.15, 0.2) is 0 Å². The molecule has 0 atom stereocenters. The van der Waals surface area contributed by atoms with E-state index in [0.717, 1.165) is 23.4 Å². The Balaban J connectivity index is 1.36. The fourth-order valence-electron chi connectivity index (χ4n) is 2.50. The second-order valence-electron chi connectivity index (χ2n) is 6.30. The smallest absolute Gasteiger partial charge is 0.319 e. The van der Waals surface area contributed by atoms with Gasteiger partial charge in [-0.3, -0.25) is 4.79 Å². The summed E-state index contributed by atoms with van der Waals surface area (Å²) < 4.78 is 0. The second kappa shape index (κ2) is 7.59. The lowest BCUT2D eigenvalue weighted by Gasteiger charge is -2.08. The highest BCUT2D eigenvalue weighted by Crippen LogP contribution is 2.25. The van der Waals surface area contributed by atoms with Crippen molar-refractivity contribution < 1.29 is 9.59 Å². The lowest BCUT2D eigenvalue weighted by Crippen LogP contribution is -2.30. The van der Waals surface area contributed by atoms with Gasteiger partial charge in [0.2, 0.25) is 0 Å². The molecule has 1 aliphatic carbocycles. The molecule has 3 aromatic rings. The van der Waals surface area contributed by atoms with Crippen LogP contribution in [0.5, 0.6) is 0 Å². The minimum absolute atomic E-state index is 0.201. The molecule has 136 valence electrons. The van der Waals surface area contributed by atoms with Gasteiger partial charge < -0.3 is 16.0 Å². The van der Waals surface area contributed by atoms with E-state index >= 15 is 0 Å². The van der Waals surface area contributed by atoms with Gasteiger partial charge in [-0.15, -0.1) is 11.3 Å². The third kappa shape index (κ3) is 4.51. The highest BCUT2D eigenvalue weighted by molar-refractivity contribution is 7.17. The van der Waals surface area contributed by atoms with Crippen molar-refractivity contribution in [2.45, 2.75) is 18.9 Å². The maximum absolute atomic E-state index is 12.4. The summed E-state index contributed by atoms with van der Waals surface area (Å²) in [5.74, 6) is -0.207. The number of hydrogen-bond acceptors (Lipinski definition) is 4. The van der Waals surface area contributed by atoms with Crippen LogP contribution in [0, 0.1) is 0 Å². The molecule has 4 rings (SSSR count). The predicted octanol–water partition coefficient (Wildman–Crippen LogP) is 4.35. The summed E-state index contributed by atoms with van der Waals surface area (Å²) in [4.78, 5) is 29.0. The maximum atomic E-state index is 12.4. The van der Waals surface area contributed by atoms with Gasteiger partial charge in [0.25, 0.3) is 5.91 Å². The number of amides is 3. The van der Waals surface area contributed by atoms with Crippen LogP contribution < -0.4 is 16.0 Å². The molecule has 0 unspecified atom stereocenters. The molecule has 1 heterocycles.